The van der Waals surface area contributed by atoms with Crippen molar-refractivity contribution in [2.24, 2.45) is 0 Å². The molecule has 0 radical (unpaired) electrons. The molecular formula is C12H16N2OS2. The fourth-order valence-electron chi connectivity index (χ4n) is 1.40. The number of aromatic nitrogens is 1. The number of thiophene rings is 1. The van der Waals surface area contributed by atoms with Gasteiger partial charge in [0.25, 0.3) is 5.22 Å². The first-order valence-electron chi connectivity index (χ1n) is 5.55. The van der Waals surface area contributed by atoms with Gasteiger partial charge in [0.2, 0.25) is 0 Å². The van der Waals surface area contributed by atoms with Gasteiger partial charge in [0, 0.05) is 28.6 Å². The third kappa shape index (κ3) is 4.18. The van der Waals surface area contributed by atoms with Crippen molar-refractivity contribution >= 4 is 23.1 Å². The molecule has 2 heterocycles. The first kappa shape index (κ1) is 12.7. The summed E-state index contributed by atoms with van der Waals surface area (Å²) >= 11 is 3.49. The van der Waals surface area contributed by atoms with Crippen LogP contribution in [0.3, 0.4) is 0 Å². The average molecular weight is 268 g/mol. The summed E-state index contributed by atoms with van der Waals surface area (Å²) < 4.78 is 5.26. The standard InChI is InChI=1S/C12H16N2OS2/c1-9-8-15-12(14-9)16-6-5-13-7-11-4-3-10(2)17-11/h3-4,8,13H,5-7H2,1-2H3. The van der Waals surface area contributed by atoms with Gasteiger partial charge in [-0.2, -0.15) is 0 Å². The minimum Gasteiger partial charge on any atom is -0.440 e. The minimum atomic E-state index is 0.760. The van der Waals surface area contributed by atoms with E-state index in [2.05, 4.69) is 29.4 Å². The van der Waals surface area contributed by atoms with Crippen LogP contribution in [0.25, 0.3) is 0 Å². The predicted octanol–water partition coefficient (Wildman–Crippen LogP) is 3.23. The molecule has 92 valence electrons. The number of oxazole rings is 1. The number of hydrogen-bond acceptors (Lipinski definition) is 5. The second-order valence-corrected chi connectivity index (χ2v) is 6.21. The van der Waals surface area contributed by atoms with E-state index in [0.29, 0.717) is 0 Å². The van der Waals surface area contributed by atoms with Crippen molar-refractivity contribution in [2.75, 3.05) is 12.3 Å². The van der Waals surface area contributed by atoms with Crippen LogP contribution >= 0.6 is 23.1 Å². The lowest BCUT2D eigenvalue weighted by molar-refractivity contribution is 0.454. The molecule has 0 saturated carbocycles. The molecule has 3 nitrogen and oxygen atoms in total. The zero-order valence-corrected chi connectivity index (χ0v) is 11.7. The van der Waals surface area contributed by atoms with Gasteiger partial charge in [-0.15, -0.1) is 11.3 Å². The SMILES string of the molecule is Cc1coc(SCCNCc2ccc(C)s2)n1. The lowest BCUT2D eigenvalue weighted by atomic mass is 10.4. The quantitative estimate of drug-likeness (QED) is 0.645. The smallest absolute Gasteiger partial charge is 0.255 e. The molecule has 1 N–H and O–H groups in total. The molecule has 0 aliphatic rings. The summed E-state index contributed by atoms with van der Waals surface area (Å²) in [7, 11) is 0. The number of nitrogens with zero attached hydrogens (tertiary/aromatic N) is 1. The van der Waals surface area contributed by atoms with Crippen molar-refractivity contribution in [3.8, 4) is 0 Å². The fraction of sp³-hybridized carbons (Fsp3) is 0.417. The van der Waals surface area contributed by atoms with Gasteiger partial charge in [-0.25, -0.2) is 4.98 Å². The van der Waals surface area contributed by atoms with Crippen LogP contribution in [0.1, 0.15) is 15.4 Å². The van der Waals surface area contributed by atoms with Crippen molar-refractivity contribution in [3.05, 3.63) is 33.8 Å². The molecule has 0 saturated heterocycles. The van der Waals surface area contributed by atoms with E-state index >= 15 is 0 Å². The molecule has 0 fully saturated rings. The van der Waals surface area contributed by atoms with Crippen LogP contribution in [-0.2, 0) is 6.54 Å². The summed E-state index contributed by atoms with van der Waals surface area (Å²) in [5.74, 6) is 0.976. The second-order valence-electron chi connectivity index (χ2n) is 3.79. The molecule has 2 aromatic rings. The Kier molecular flexibility index (Phi) is 4.65. The average Bonchev–Trinajstić information content (AvgIpc) is 2.88. The zero-order valence-electron chi connectivity index (χ0n) is 10.0. The summed E-state index contributed by atoms with van der Waals surface area (Å²) in [5, 5.41) is 4.17. The maximum absolute atomic E-state index is 5.26. The number of thioether (sulfide) groups is 1. The number of aryl methyl sites for hydroxylation is 2. The molecule has 0 spiro atoms. The predicted molar refractivity (Wildman–Crippen MR) is 72.7 cm³/mol. The molecule has 2 aromatic heterocycles. The molecule has 0 unspecified atom stereocenters. The second kappa shape index (κ2) is 6.23. The van der Waals surface area contributed by atoms with Crippen LogP contribution in [0.4, 0.5) is 0 Å². The Morgan fingerprint density at radius 3 is 2.94 bits per heavy atom. The van der Waals surface area contributed by atoms with Gasteiger partial charge in [0.1, 0.15) is 6.26 Å². The minimum absolute atomic E-state index is 0.760. The van der Waals surface area contributed by atoms with E-state index in [1.807, 2.05) is 18.3 Å². The van der Waals surface area contributed by atoms with E-state index in [1.165, 1.54) is 9.75 Å². The van der Waals surface area contributed by atoms with Crippen LogP contribution in [-0.4, -0.2) is 17.3 Å². The van der Waals surface area contributed by atoms with Crippen LogP contribution in [0.15, 0.2) is 28.0 Å². The Hall–Kier alpha value is -0.780. The highest BCUT2D eigenvalue weighted by Gasteiger charge is 2.01. The molecule has 0 bridgehead atoms. The lowest BCUT2D eigenvalue weighted by Crippen LogP contribution is -2.15. The molecule has 2 rings (SSSR count). The largest absolute Gasteiger partial charge is 0.440 e. The van der Waals surface area contributed by atoms with Gasteiger partial charge in [-0.3, -0.25) is 0 Å². The van der Waals surface area contributed by atoms with Crippen molar-refractivity contribution in [2.45, 2.75) is 25.6 Å². The third-order valence-corrected chi connectivity index (χ3v) is 4.04. The molecule has 0 atom stereocenters. The molecular weight excluding hydrogens is 252 g/mol. The van der Waals surface area contributed by atoms with E-state index < -0.39 is 0 Å². The Morgan fingerprint density at radius 2 is 2.29 bits per heavy atom. The van der Waals surface area contributed by atoms with Gasteiger partial charge < -0.3 is 9.73 Å². The molecule has 17 heavy (non-hydrogen) atoms. The summed E-state index contributed by atoms with van der Waals surface area (Å²) in [6.07, 6.45) is 1.68. The van der Waals surface area contributed by atoms with E-state index in [1.54, 1.807) is 18.0 Å². The Bertz CT molecular complexity index is 422. The maximum Gasteiger partial charge on any atom is 0.255 e. The molecule has 0 aromatic carbocycles. The summed E-state index contributed by atoms with van der Waals surface area (Å²) in [6, 6.07) is 4.34. The highest BCUT2D eigenvalue weighted by atomic mass is 32.2. The highest BCUT2D eigenvalue weighted by Crippen LogP contribution is 2.16. The zero-order chi connectivity index (χ0) is 12.1. The fourth-order valence-corrected chi connectivity index (χ4v) is 3.01. The summed E-state index contributed by atoms with van der Waals surface area (Å²) in [5.41, 5.74) is 0.939. The Labute approximate surface area is 110 Å². The molecule has 0 amide bonds. The van der Waals surface area contributed by atoms with Gasteiger partial charge in [0.05, 0.1) is 5.69 Å². The lowest BCUT2D eigenvalue weighted by Gasteiger charge is -2.00. The van der Waals surface area contributed by atoms with Crippen LogP contribution in [0, 0.1) is 13.8 Å². The van der Waals surface area contributed by atoms with E-state index in [9.17, 15) is 0 Å². The van der Waals surface area contributed by atoms with E-state index in [4.69, 9.17) is 4.42 Å². The van der Waals surface area contributed by atoms with Gasteiger partial charge in [-0.05, 0) is 26.0 Å². The third-order valence-electron chi connectivity index (χ3n) is 2.20. The Morgan fingerprint density at radius 1 is 1.41 bits per heavy atom. The first-order chi connectivity index (χ1) is 8.24. The van der Waals surface area contributed by atoms with Crippen LogP contribution < -0.4 is 5.32 Å². The van der Waals surface area contributed by atoms with Crippen molar-refractivity contribution < 1.29 is 4.42 Å². The van der Waals surface area contributed by atoms with Crippen molar-refractivity contribution in [3.63, 3.8) is 0 Å². The number of hydrogen-bond donors (Lipinski definition) is 1. The normalized spacial score (nSPS) is 10.9. The number of nitrogens with one attached hydrogen (secondary N) is 1. The summed E-state index contributed by atoms with van der Waals surface area (Å²) in [4.78, 5) is 7.00. The first-order valence-corrected chi connectivity index (χ1v) is 7.35. The van der Waals surface area contributed by atoms with E-state index in [-0.39, 0.29) is 0 Å². The van der Waals surface area contributed by atoms with Crippen LogP contribution in [0.2, 0.25) is 0 Å². The monoisotopic (exact) mass is 268 g/mol. The Balaban J connectivity index is 1.60. The van der Waals surface area contributed by atoms with Crippen LogP contribution in [0.5, 0.6) is 0 Å². The number of rotatable bonds is 6. The van der Waals surface area contributed by atoms with Crippen molar-refractivity contribution in [1.82, 2.24) is 10.3 Å². The summed E-state index contributed by atoms with van der Waals surface area (Å²) in [6.45, 7) is 5.98. The molecule has 5 heteroatoms. The maximum atomic E-state index is 5.26. The molecule has 0 aliphatic carbocycles. The van der Waals surface area contributed by atoms with Crippen molar-refractivity contribution in [1.29, 1.82) is 0 Å². The topological polar surface area (TPSA) is 38.1 Å². The van der Waals surface area contributed by atoms with E-state index in [0.717, 1.165) is 29.8 Å². The van der Waals surface area contributed by atoms with Gasteiger partial charge in [-0.1, -0.05) is 11.8 Å². The highest BCUT2D eigenvalue weighted by molar-refractivity contribution is 7.99. The van der Waals surface area contributed by atoms with Gasteiger partial charge >= 0.3 is 0 Å². The molecule has 0 aliphatic heterocycles. The van der Waals surface area contributed by atoms with Gasteiger partial charge in [0.15, 0.2) is 0 Å².